The van der Waals surface area contributed by atoms with Gasteiger partial charge in [0.1, 0.15) is 0 Å². The molecule has 7 nitrogen and oxygen atoms in total. The van der Waals surface area contributed by atoms with Gasteiger partial charge >= 0.3 is 0 Å². The fourth-order valence-electron chi connectivity index (χ4n) is 2.23. The first kappa shape index (κ1) is 20.7. The lowest BCUT2D eigenvalue weighted by atomic mass is 10.2. The van der Waals surface area contributed by atoms with E-state index in [0.717, 1.165) is 38.4 Å². The van der Waals surface area contributed by atoms with Crippen molar-refractivity contribution >= 4 is 11.9 Å². The van der Waals surface area contributed by atoms with E-state index in [2.05, 4.69) is 27.9 Å². The van der Waals surface area contributed by atoms with Crippen molar-refractivity contribution in [3.8, 4) is 0 Å². The topological polar surface area (TPSA) is 84.0 Å². The molecule has 0 spiro atoms. The third kappa shape index (κ3) is 9.72. The van der Waals surface area contributed by atoms with Gasteiger partial charge in [0.2, 0.25) is 5.91 Å². The molecule has 0 aromatic rings. The van der Waals surface area contributed by atoms with Gasteiger partial charge in [0.25, 0.3) is 0 Å². The fourth-order valence-corrected chi connectivity index (χ4v) is 2.23. The summed E-state index contributed by atoms with van der Waals surface area (Å²) in [5.41, 5.74) is 0. The highest BCUT2D eigenvalue weighted by Crippen LogP contribution is 2.08. The monoisotopic (exact) mass is 342 g/mol. The molecule has 3 N–H and O–H groups in total. The molecule has 1 fully saturated rings. The number of carbonyl (C=O) groups excluding carboxylic acids is 1. The van der Waals surface area contributed by atoms with Gasteiger partial charge < -0.3 is 25.4 Å². The van der Waals surface area contributed by atoms with Crippen LogP contribution in [0.25, 0.3) is 0 Å². The second-order valence-corrected chi connectivity index (χ2v) is 6.02. The minimum absolute atomic E-state index is 0.0693. The van der Waals surface area contributed by atoms with E-state index in [1.165, 1.54) is 0 Å². The van der Waals surface area contributed by atoms with E-state index >= 15 is 0 Å². The number of amides is 1. The molecule has 2 unspecified atom stereocenters. The summed E-state index contributed by atoms with van der Waals surface area (Å²) in [5, 5.41) is 9.33. The SMILES string of the molecule is CCNC(=NCCCOC1CCOC1)NCCC(=O)NC(C)CC. The lowest BCUT2D eigenvalue weighted by Gasteiger charge is -2.13. The van der Waals surface area contributed by atoms with Crippen molar-refractivity contribution < 1.29 is 14.3 Å². The van der Waals surface area contributed by atoms with Crippen LogP contribution in [0.15, 0.2) is 4.99 Å². The second kappa shape index (κ2) is 13.0. The average molecular weight is 342 g/mol. The Kier molecular flexibility index (Phi) is 11.2. The molecular formula is C17H34N4O3. The van der Waals surface area contributed by atoms with Crippen LogP contribution in [-0.4, -0.2) is 63.5 Å². The van der Waals surface area contributed by atoms with Crippen LogP contribution in [-0.2, 0) is 14.3 Å². The van der Waals surface area contributed by atoms with Gasteiger partial charge in [0.05, 0.1) is 12.7 Å². The number of guanidine groups is 1. The van der Waals surface area contributed by atoms with Gasteiger partial charge in [-0.1, -0.05) is 6.92 Å². The molecule has 0 saturated carbocycles. The summed E-state index contributed by atoms with van der Waals surface area (Å²) < 4.78 is 11.0. The molecule has 0 bridgehead atoms. The highest BCUT2D eigenvalue weighted by Gasteiger charge is 2.15. The average Bonchev–Trinajstić information content (AvgIpc) is 3.07. The molecule has 1 amide bonds. The zero-order valence-corrected chi connectivity index (χ0v) is 15.4. The summed E-state index contributed by atoms with van der Waals surface area (Å²) in [7, 11) is 0. The summed E-state index contributed by atoms with van der Waals surface area (Å²) >= 11 is 0. The molecule has 1 heterocycles. The molecule has 140 valence electrons. The van der Waals surface area contributed by atoms with Crippen LogP contribution in [0.3, 0.4) is 0 Å². The molecule has 7 heteroatoms. The summed E-state index contributed by atoms with van der Waals surface area (Å²) in [6.07, 6.45) is 3.51. The van der Waals surface area contributed by atoms with Crippen LogP contribution in [0.4, 0.5) is 0 Å². The normalized spacial score (nSPS) is 19.1. The molecule has 2 atom stereocenters. The molecule has 1 aliphatic rings. The van der Waals surface area contributed by atoms with Crippen LogP contribution >= 0.6 is 0 Å². The molecular weight excluding hydrogens is 308 g/mol. The Hall–Kier alpha value is -1.34. The number of ether oxygens (including phenoxy) is 2. The van der Waals surface area contributed by atoms with Crippen LogP contribution in [0.5, 0.6) is 0 Å². The van der Waals surface area contributed by atoms with Crippen molar-refractivity contribution in [2.75, 3.05) is 39.5 Å². The van der Waals surface area contributed by atoms with Crippen LogP contribution in [0.2, 0.25) is 0 Å². The molecule has 0 aromatic heterocycles. The Morgan fingerprint density at radius 1 is 1.38 bits per heavy atom. The lowest BCUT2D eigenvalue weighted by Crippen LogP contribution is -2.40. The first-order valence-electron chi connectivity index (χ1n) is 9.16. The number of aliphatic imine (C=N–C) groups is 1. The molecule has 1 rings (SSSR count). The van der Waals surface area contributed by atoms with Crippen molar-refractivity contribution in [3.63, 3.8) is 0 Å². The Bertz CT molecular complexity index is 371. The number of nitrogens with one attached hydrogen (secondary N) is 3. The number of rotatable bonds is 11. The number of nitrogens with zero attached hydrogens (tertiary/aromatic N) is 1. The minimum Gasteiger partial charge on any atom is -0.379 e. The van der Waals surface area contributed by atoms with Crippen LogP contribution < -0.4 is 16.0 Å². The fraction of sp³-hybridized carbons (Fsp3) is 0.882. The first-order chi connectivity index (χ1) is 11.7. The molecule has 1 aliphatic heterocycles. The molecule has 0 aliphatic carbocycles. The molecule has 0 aromatic carbocycles. The quantitative estimate of drug-likeness (QED) is 0.297. The largest absolute Gasteiger partial charge is 0.379 e. The number of hydrogen-bond acceptors (Lipinski definition) is 4. The van der Waals surface area contributed by atoms with Gasteiger partial charge in [-0.15, -0.1) is 0 Å². The van der Waals surface area contributed by atoms with Crippen molar-refractivity contribution in [3.05, 3.63) is 0 Å². The maximum atomic E-state index is 11.7. The van der Waals surface area contributed by atoms with E-state index in [-0.39, 0.29) is 18.1 Å². The Morgan fingerprint density at radius 3 is 2.88 bits per heavy atom. The maximum absolute atomic E-state index is 11.7. The first-order valence-corrected chi connectivity index (χ1v) is 9.16. The summed E-state index contributed by atoms with van der Waals surface area (Å²) in [4.78, 5) is 16.2. The zero-order valence-electron chi connectivity index (χ0n) is 15.4. The van der Waals surface area contributed by atoms with Gasteiger partial charge in [-0.05, 0) is 33.1 Å². The summed E-state index contributed by atoms with van der Waals surface area (Å²) in [5.74, 6) is 0.818. The second-order valence-electron chi connectivity index (χ2n) is 6.02. The standard InChI is InChI=1S/C17H34N4O3/c1-4-14(3)21-16(22)7-10-20-17(18-5-2)19-9-6-11-24-15-8-12-23-13-15/h14-15H,4-13H2,1-3H3,(H,21,22)(H2,18,19,20). The molecule has 1 saturated heterocycles. The predicted molar refractivity (Wildman–Crippen MR) is 96.3 cm³/mol. The number of carbonyl (C=O) groups is 1. The third-order valence-corrected chi connectivity index (χ3v) is 3.82. The van der Waals surface area contributed by atoms with Crippen LogP contribution in [0, 0.1) is 0 Å². The molecule has 24 heavy (non-hydrogen) atoms. The lowest BCUT2D eigenvalue weighted by molar-refractivity contribution is -0.121. The Balaban J connectivity index is 2.15. The number of hydrogen-bond donors (Lipinski definition) is 3. The van der Waals surface area contributed by atoms with E-state index < -0.39 is 0 Å². The highest BCUT2D eigenvalue weighted by atomic mass is 16.5. The third-order valence-electron chi connectivity index (χ3n) is 3.82. The van der Waals surface area contributed by atoms with Crippen molar-refractivity contribution in [2.45, 2.75) is 58.6 Å². The van der Waals surface area contributed by atoms with E-state index in [9.17, 15) is 4.79 Å². The van der Waals surface area contributed by atoms with Crippen LogP contribution in [0.1, 0.15) is 46.5 Å². The highest BCUT2D eigenvalue weighted by molar-refractivity contribution is 5.81. The van der Waals surface area contributed by atoms with E-state index in [4.69, 9.17) is 9.47 Å². The van der Waals surface area contributed by atoms with Crippen molar-refractivity contribution in [2.24, 2.45) is 4.99 Å². The van der Waals surface area contributed by atoms with E-state index in [1.807, 2.05) is 13.8 Å². The predicted octanol–water partition coefficient (Wildman–Crippen LogP) is 1.04. The van der Waals surface area contributed by atoms with E-state index in [1.54, 1.807) is 0 Å². The van der Waals surface area contributed by atoms with Gasteiger partial charge in [-0.25, -0.2) is 0 Å². The Labute approximate surface area is 146 Å². The van der Waals surface area contributed by atoms with Gasteiger partial charge in [0.15, 0.2) is 5.96 Å². The van der Waals surface area contributed by atoms with Gasteiger partial charge in [-0.2, -0.15) is 0 Å². The summed E-state index contributed by atoms with van der Waals surface area (Å²) in [6, 6.07) is 0.227. The zero-order chi connectivity index (χ0) is 17.6. The summed E-state index contributed by atoms with van der Waals surface area (Å²) in [6.45, 7) is 10.4. The van der Waals surface area contributed by atoms with Gasteiger partial charge in [0, 0.05) is 45.3 Å². The smallest absolute Gasteiger partial charge is 0.221 e. The Morgan fingerprint density at radius 2 is 2.21 bits per heavy atom. The van der Waals surface area contributed by atoms with Crippen molar-refractivity contribution in [1.82, 2.24) is 16.0 Å². The maximum Gasteiger partial charge on any atom is 0.221 e. The van der Waals surface area contributed by atoms with Gasteiger partial charge in [-0.3, -0.25) is 9.79 Å². The minimum atomic E-state index is 0.0693. The molecule has 0 radical (unpaired) electrons. The van der Waals surface area contributed by atoms with E-state index in [0.29, 0.717) is 32.7 Å². The van der Waals surface area contributed by atoms with Crippen molar-refractivity contribution in [1.29, 1.82) is 0 Å².